The molecule has 0 N–H and O–H groups in total. The number of anilines is 1. The van der Waals surface area contributed by atoms with Crippen LogP contribution in [-0.2, 0) is 0 Å². The van der Waals surface area contributed by atoms with Crippen LogP contribution in [-0.4, -0.2) is 51.8 Å². The molecule has 4 rings (SSSR count). The smallest absolute Gasteiger partial charge is 0.293 e. The molecule has 1 fully saturated rings. The highest BCUT2D eigenvalue weighted by Gasteiger charge is 2.25. The minimum atomic E-state index is -0.323. The predicted molar refractivity (Wildman–Crippen MR) is 106 cm³/mol. The van der Waals surface area contributed by atoms with Crippen molar-refractivity contribution >= 4 is 23.2 Å². The molecule has 0 radical (unpaired) electrons. The SMILES string of the molecule is Cc1nc(C(=O)N2CCN(c3ccc(Cl)cc3)CC2)nn1-c1ccc(F)cc1. The number of benzene rings is 2. The lowest BCUT2D eigenvalue weighted by Crippen LogP contribution is -2.49. The predicted octanol–water partition coefficient (Wildman–Crippen LogP) is 3.33. The van der Waals surface area contributed by atoms with E-state index in [0.29, 0.717) is 29.6 Å². The largest absolute Gasteiger partial charge is 0.368 e. The summed E-state index contributed by atoms with van der Waals surface area (Å²) in [5.41, 5.74) is 1.75. The number of aryl methyl sites for hydroxylation is 1. The molecule has 2 aromatic carbocycles. The van der Waals surface area contributed by atoms with Gasteiger partial charge in [0, 0.05) is 36.9 Å². The number of carbonyl (C=O) groups excluding carboxylic acids is 1. The molecule has 0 saturated carbocycles. The van der Waals surface area contributed by atoms with E-state index in [0.717, 1.165) is 18.8 Å². The van der Waals surface area contributed by atoms with Gasteiger partial charge < -0.3 is 9.80 Å². The first kappa shape index (κ1) is 18.4. The Morgan fingerprint density at radius 1 is 0.964 bits per heavy atom. The molecule has 0 atom stereocenters. The highest BCUT2D eigenvalue weighted by Crippen LogP contribution is 2.20. The van der Waals surface area contributed by atoms with Crippen molar-refractivity contribution in [2.75, 3.05) is 31.1 Å². The summed E-state index contributed by atoms with van der Waals surface area (Å²) in [7, 11) is 0. The van der Waals surface area contributed by atoms with Crippen LogP contribution in [0, 0.1) is 12.7 Å². The van der Waals surface area contributed by atoms with E-state index in [-0.39, 0.29) is 17.5 Å². The molecule has 1 aliphatic heterocycles. The van der Waals surface area contributed by atoms with Gasteiger partial charge in [-0.3, -0.25) is 4.79 Å². The van der Waals surface area contributed by atoms with Gasteiger partial charge in [0.1, 0.15) is 11.6 Å². The molecule has 0 bridgehead atoms. The number of aromatic nitrogens is 3. The van der Waals surface area contributed by atoms with Crippen molar-refractivity contribution in [3.05, 3.63) is 71.0 Å². The van der Waals surface area contributed by atoms with Crippen molar-refractivity contribution in [3.63, 3.8) is 0 Å². The zero-order chi connectivity index (χ0) is 19.7. The van der Waals surface area contributed by atoms with Gasteiger partial charge in [-0.05, 0) is 55.5 Å². The van der Waals surface area contributed by atoms with E-state index in [2.05, 4.69) is 15.0 Å². The third-order valence-electron chi connectivity index (χ3n) is 4.79. The highest BCUT2D eigenvalue weighted by atomic mass is 35.5. The van der Waals surface area contributed by atoms with Gasteiger partial charge in [0.25, 0.3) is 5.91 Å². The van der Waals surface area contributed by atoms with Gasteiger partial charge in [-0.1, -0.05) is 11.6 Å². The second-order valence-electron chi connectivity index (χ2n) is 6.63. The Morgan fingerprint density at radius 2 is 1.57 bits per heavy atom. The van der Waals surface area contributed by atoms with E-state index in [1.807, 2.05) is 24.3 Å². The molecule has 8 heteroatoms. The van der Waals surface area contributed by atoms with Crippen LogP contribution in [0.4, 0.5) is 10.1 Å². The van der Waals surface area contributed by atoms with Crippen molar-refractivity contribution in [3.8, 4) is 5.69 Å². The first-order valence-electron chi connectivity index (χ1n) is 9.00. The Kier molecular flexibility index (Phi) is 5.00. The van der Waals surface area contributed by atoms with Gasteiger partial charge in [-0.25, -0.2) is 14.1 Å². The number of piperazine rings is 1. The van der Waals surface area contributed by atoms with Crippen LogP contribution < -0.4 is 4.90 Å². The Labute approximate surface area is 167 Å². The van der Waals surface area contributed by atoms with Gasteiger partial charge >= 0.3 is 0 Å². The first-order valence-corrected chi connectivity index (χ1v) is 9.38. The number of halogens is 2. The third-order valence-corrected chi connectivity index (χ3v) is 5.04. The molecule has 0 unspecified atom stereocenters. The summed E-state index contributed by atoms with van der Waals surface area (Å²) in [6, 6.07) is 13.6. The fraction of sp³-hybridized carbons (Fsp3) is 0.250. The Bertz CT molecular complexity index is 979. The number of rotatable bonds is 3. The highest BCUT2D eigenvalue weighted by molar-refractivity contribution is 6.30. The number of nitrogens with zero attached hydrogens (tertiary/aromatic N) is 5. The average Bonchev–Trinajstić information content (AvgIpc) is 3.10. The van der Waals surface area contributed by atoms with Gasteiger partial charge in [-0.2, -0.15) is 0 Å². The van der Waals surface area contributed by atoms with Gasteiger partial charge in [0.15, 0.2) is 0 Å². The van der Waals surface area contributed by atoms with E-state index >= 15 is 0 Å². The molecular formula is C20H19ClFN5O. The maximum absolute atomic E-state index is 13.1. The molecule has 0 spiro atoms. The van der Waals surface area contributed by atoms with E-state index in [9.17, 15) is 9.18 Å². The minimum Gasteiger partial charge on any atom is -0.368 e. The molecule has 1 aliphatic rings. The minimum absolute atomic E-state index is 0.154. The topological polar surface area (TPSA) is 54.3 Å². The number of hydrogen-bond acceptors (Lipinski definition) is 4. The molecule has 6 nitrogen and oxygen atoms in total. The molecule has 28 heavy (non-hydrogen) atoms. The third kappa shape index (κ3) is 3.71. The second kappa shape index (κ2) is 7.59. The van der Waals surface area contributed by atoms with Crippen molar-refractivity contribution in [2.45, 2.75) is 6.92 Å². The summed E-state index contributed by atoms with van der Waals surface area (Å²) < 4.78 is 14.7. The van der Waals surface area contributed by atoms with Crippen LogP contribution in [0.2, 0.25) is 5.02 Å². The van der Waals surface area contributed by atoms with E-state index in [4.69, 9.17) is 11.6 Å². The lowest BCUT2D eigenvalue weighted by atomic mass is 10.2. The van der Waals surface area contributed by atoms with Crippen molar-refractivity contribution in [2.24, 2.45) is 0 Å². The summed E-state index contributed by atoms with van der Waals surface area (Å²) in [6.45, 7) is 4.40. The summed E-state index contributed by atoms with van der Waals surface area (Å²) in [5.74, 6) is 0.215. The maximum atomic E-state index is 13.1. The lowest BCUT2D eigenvalue weighted by Gasteiger charge is -2.35. The zero-order valence-corrected chi connectivity index (χ0v) is 16.1. The van der Waals surface area contributed by atoms with Gasteiger partial charge in [0.05, 0.1) is 5.69 Å². The Morgan fingerprint density at radius 3 is 2.21 bits per heavy atom. The number of carbonyl (C=O) groups is 1. The van der Waals surface area contributed by atoms with Crippen LogP contribution in [0.5, 0.6) is 0 Å². The summed E-state index contributed by atoms with van der Waals surface area (Å²) in [4.78, 5) is 21.1. The Balaban J connectivity index is 1.45. The zero-order valence-electron chi connectivity index (χ0n) is 15.3. The fourth-order valence-corrected chi connectivity index (χ4v) is 3.39. The monoisotopic (exact) mass is 399 g/mol. The van der Waals surface area contributed by atoms with E-state index < -0.39 is 0 Å². The van der Waals surface area contributed by atoms with Crippen LogP contribution in [0.1, 0.15) is 16.4 Å². The molecule has 1 saturated heterocycles. The fourth-order valence-electron chi connectivity index (χ4n) is 3.27. The van der Waals surface area contributed by atoms with E-state index in [1.165, 1.54) is 12.1 Å². The first-order chi connectivity index (χ1) is 13.5. The molecular weight excluding hydrogens is 381 g/mol. The summed E-state index contributed by atoms with van der Waals surface area (Å²) in [5, 5.41) is 5.04. The molecule has 144 valence electrons. The molecule has 2 heterocycles. The number of amides is 1. The summed E-state index contributed by atoms with van der Waals surface area (Å²) in [6.07, 6.45) is 0. The van der Waals surface area contributed by atoms with Crippen molar-refractivity contribution < 1.29 is 9.18 Å². The quantitative estimate of drug-likeness (QED) is 0.678. The molecule has 1 aromatic heterocycles. The molecule has 1 amide bonds. The standard InChI is InChI=1S/C20H19ClFN5O/c1-14-23-19(24-27(14)18-8-4-16(22)5-9-18)20(28)26-12-10-25(11-13-26)17-6-2-15(21)3-7-17/h2-9H,10-13H2,1H3. The molecule has 0 aliphatic carbocycles. The van der Waals surface area contributed by atoms with Crippen LogP contribution in [0.25, 0.3) is 5.69 Å². The average molecular weight is 400 g/mol. The van der Waals surface area contributed by atoms with Crippen LogP contribution >= 0.6 is 11.6 Å². The lowest BCUT2D eigenvalue weighted by molar-refractivity contribution is 0.0734. The van der Waals surface area contributed by atoms with Crippen LogP contribution in [0.3, 0.4) is 0 Å². The maximum Gasteiger partial charge on any atom is 0.293 e. The van der Waals surface area contributed by atoms with Gasteiger partial charge in [0.2, 0.25) is 5.82 Å². The van der Waals surface area contributed by atoms with Gasteiger partial charge in [-0.15, -0.1) is 5.10 Å². The Hall–Kier alpha value is -2.93. The summed E-state index contributed by atoms with van der Waals surface area (Å²) >= 11 is 5.94. The van der Waals surface area contributed by atoms with Crippen LogP contribution in [0.15, 0.2) is 48.5 Å². The van der Waals surface area contributed by atoms with Crippen molar-refractivity contribution in [1.82, 2.24) is 19.7 Å². The van der Waals surface area contributed by atoms with E-state index in [1.54, 1.807) is 28.6 Å². The second-order valence-corrected chi connectivity index (χ2v) is 7.06. The van der Waals surface area contributed by atoms with Crippen molar-refractivity contribution in [1.29, 1.82) is 0 Å². The normalized spacial score (nSPS) is 14.4. The number of hydrogen-bond donors (Lipinski definition) is 0. The molecule has 3 aromatic rings.